The fraction of sp³-hybridized carbons (Fsp3) is 0.849. The highest BCUT2D eigenvalue weighted by Crippen LogP contribution is 2.18. The maximum Gasteiger partial charge on any atom is 0.306 e. The Hall–Kier alpha value is -2.63. The van der Waals surface area contributed by atoms with E-state index >= 15 is 0 Å². The van der Waals surface area contributed by atoms with Gasteiger partial charge in [0, 0.05) is 19.3 Å². The second-order valence-corrected chi connectivity index (χ2v) is 23.8. The first-order valence-electron chi connectivity index (χ1n) is 35.1. The predicted octanol–water partition coefficient (Wildman–Crippen LogP) is 24.1. The lowest BCUT2D eigenvalue weighted by Gasteiger charge is -2.18. The van der Waals surface area contributed by atoms with E-state index in [0.29, 0.717) is 19.3 Å². The van der Waals surface area contributed by atoms with Crippen LogP contribution in [0.3, 0.4) is 0 Å². The number of carbonyl (C=O) groups excluding carboxylic acids is 3. The molecule has 462 valence electrons. The summed E-state index contributed by atoms with van der Waals surface area (Å²) >= 11 is 0. The fourth-order valence-corrected chi connectivity index (χ4v) is 10.5. The Morgan fingerprint density at radius 1 is 0.253 bits per heavy atom. The lowest BCUT2D eigenvalue weighted by atomic mass is 10.0. The third-order valence-corrected chi connectivity index (χ3v) is 15.8. The molecule has 1 atom stereocenters. The van der Waals surface area contributed by atoms with Crippen molar-refractivity contribution in [1.82, 2.24) is 0 Å². The smallest absolute Gasteiger partial charge is 0.306 e. The molecule has 0 saturated heterocycles. The van der Waals surface area contributed by atoms with Crippen molar-refractivity contribution in [3.63, 3.8) is 0 Å². The first kappa shape index (κ1) is 76.4. The van der Waals surface area contributed by atoms with Gasteiger partial charge in [0.05, 0.1) is 0 Å². The molecule has 0 fully saturated rings. The number of hydrogen-bond acceptors (Lipinski definition) is 6. The van der Waals surface area contributed by atoms with E-state index in [4.69, 9.17) is 14.2 Å². The minimum absolute atomic E-state index is 0.0741. The van der Waals surface area contributed by atoms with Crippen molar-refractivity contribution in [3.8, 4) is 0 Å². The van der Waals surface area contributed by atoms with E-state index in [0.717, 1.165) is 77.0 Å². The third-order valence-electron chi connectivity index (χ3n) is 15.8. The van der Waals surface area contributed by atoms with Gasteiger partial charge in [0.15, 0.2) is 6.10 Å². The van der Waals surface area contributed by atoms with Crippen LogP contribution in [0.2, 0.25) is 0 Å². The minimum atomic E-state index is -0.777. The zero-order valence-electron chi connectivity index (χ0n) is 53.2. The van der Waals surface area contributed by atoms with E-state index in [-0.39, 0.29) is 31.1 Å². The molecule has 0 heterocycles. The van der Waals surface area contributed by atoms with Crippen LogP contribution in [-0.2, 0) is 28.6 Å². The molecule has 0 N–H and O–H groups in total. The molecule has 0 aliphatic heterocycles. The molecule has 79 heavy (non-hydrogen) atoms. The number of allylic oxidation sites excluding steroid dienone is 8. The van der Waals surface area contributed by atoms with E-state index in [1.165, 1.54) is 263 Å². The van der Waals surface area contributed by atoms with Crippen LogP contribution in [0.5, 0.6) is 0 Å². The second kappa shape index (κ2) is 67.9. The summed E-state index contributed by atoms with van der Waals surface area (Å²) in [5.41, 5.74) is 0. The maximum absolute atomic E-state index is 12.9. The van der Waals surface area contributed by atoms with E-state index in [1.807, 2.05) is 0 Å². The summed E-state index contributed by atoms with van der Waals surface area (Å²) in [6.07, 6.45) is 85.7. The topological polar surface area (TPSA) is 78.9 Å². The summed E-state index contributed by atoms with van der Waals surface area (Å²) in [4.78, 5) is 38.3. The normalized spacial score (nSPS) is 12.3. The lowest BCUT2D eigenvalue weighted by molar-refractivity contribution is -0.167. The van der Waals surface area contributed by atoms with Gasteiger partial charge in [0.25, 0.3) is 0 Å². The average molecular weight is 1110 g/mol. The molecule has 0 radical (unpaired) electrons. The molecular weight excluding hydrogens is 973 g/mol. The molecule has 6 heteroatoms. The summed E-state index contributed by atoms with van der Waals surface area (Å²) in [5.74, 6) is -0.863. The molecular formula is C73H134O6. The Morgan fingerprint density at radius 2 is 0.468 bits per heavy atom. The average Bonchev–Trinajstić information content (AvgIpc) is 3.45. The highest BCUT2D eigenvalue weighted by atomic mass is 16.6. The largest absolute Gasteiger partial charge is 0.462 e. The molecule has 0 aliphatic carbocycles. The van der Waals surface area contributed by atoms with Gasteiger partial charge in [-0.05, 0) is 77.0 Å². The van der Waals surface area contributed by atoms with Crippen LogP contribution in [0.25, 0.3) is 0 Å². The Labute approximate surface area is 492 Å². The van der Waals surface area contributed by atoms with Crippen molar-refractivity contribution in [1.29, 1.82) is 0 Å². The standard InChI is InChI=1S/C73H134O6/c1-4-7-10-13-16-19-22-24-26-28-30-32-34-36-38-40-42-44-46-48-51-54-57-60-63-66-72(75)78-69-70(68-77-71(74)65-62-59-56-53-50-21-18-15-12-9-6-3)79-73(76)67-64-61-58-55-52-49-47-45-43-41-39-37-35-33-31-29-27-25-23-20-17-14-11-8-5-2/h15,18,22,24,28,30,34,36,70H,4-14,16-17,19-21,23,25-27,29,31-33,35,37-69H2,1-3H3/b18-15-,24-22-,30-28-,36-34-. The summed E-state index contributed by atoms with van der Waals surface area (Å²) < 4.78 is 17.0. The minimum Gasteiger partial charge on any atom is -0.462 e. The van der Waals surface area contributed by atoms with Crippen molar-refractivity contribution in [2.24, 2.45) is 0 Å². The van der Waals surface area contributed by atoms with E-state index in [1.54, 1.807) is 0 Å². The van der Waals surface area contributed by atoms with Crippen LogP contribution in [0.1, 0.15) is 380 Å². The molecule has 0 aromatic heterocycles. The van der Waals surface area contributed by atoms with Crippen LogP contribution in [0.4, 0.5) is 0 Å². The SMILES string of the molecule is CCCC/C=C\CCCCCCCC(=O)OCC(COC(=O)CCCCCCCCCCCC/C=C\C/C=C\C/C=C\CCCCCCC)OC(=O)CCCCCCCCCCCCCCCCCCCCCCCCCCC. The van der Waals surface area contributed by atoms with Crippen LogP contribution < -0.4 is 0 Å². The van der Waals surface area contributed by atoms with Crippen LogP contribution in [-0.4, -0.2) is 37.2 Å². The van der Waals surface area contributed by atoms with Crippen molar-refractivity contribution in [3.05, 3.63) is 48.6 Å². The summed E-state index contributed by atoms with van der Waals surface area (Å²) in [6, 6.07) is 0. The summed E-state index contributed by atoms with van der Waals surface area (Å²) in [7, 11) is 0. The lowest BCUT2D eigenvalue weighted by Crippen LogP contribution is -2.30. The van der Waals surface area contributed by atoms with Crippen LogP contribution in [0, 0.1) is 0 Å². The molecule has 0 aromatic carbocycles. The van der Waals surface area contributed by atoms with Crippen LogP contribution >= 0.6 is 0 Å². The van der Waals surface area contributed by atoms with Gasteiger partial charge in [0.1, 0.15) is 13.2 Å². The molecule has 1 unspecified atom stereocenters. The Balaban J connectivity index is 4.20. The van der Waals surface area contributed by atoms with Gasteiger partial charge in [-0.25, -0.2) is 0 Å². The Bertz CT molecular complexity index is 1360. The van der Waals surface area contributed by atoms with Gasteiger partial charge < -0.3 is 14.2 Å². The van der Waals surface area contributed by atoms with E-state index in [9.17, 15) is 14.4 Å². The Morgan fingerprint density at radius 3 is 0.759 bits per heavy atom. The number of hydrogen-bond donors (Lipinski definition) is 0. The van der Waals surface area contributed by atoms with Gasteiger partial charge in [-0.3, -0.25) is 14.4 Å². The fourth-order valence-electron chi connectivity index (χ4n) is 10.5. The zero-order chi connectivity index (χ0) is 57.1. The Kier molecular flexibility index (Phi) is 65.6. The van der Waals surface area contributed by atoms with Crippen LogP contribution in [0.15, 0.2) is 48.6 Å². The van der Waals surface area contributed by atoms with Gasteiger partial charge in [0.2, 0.25) is 0 Å². The molecule has 0 aliphatic rings. The van der Waals surface area contributed by atoms with Gasteiger partial charge in [-0.2, -0.15) is 0 Å². The van der Waals surface area contributed by atoms with Gasteiger partial charge in [-0.15, -0.1) is 0 Å². The van der Waals surface area contributed by atoms with Crippen molar-refractivity contribution >= 4 is 17.9 Å². The van der Waals surface area contributed by atoms with E-state index in [2.05, 4.69) is 69.4 Å². The number of esters is 3. The molecule has 0 rings (SSSR count). The number of carbonyl (C=O) groups is 3. The maximum atomic E-state index is 12.9. The number of unbranched alkanes of at least 4 members (excludes halogenated alkanes) is 46. The monoisotopic (exact) mass is 1110 g/mol. The van der Waals surface area contributed by atoms with Crippen molar-refractivity contribution in [2.75, 3.05) is 13.2 Å². The summed E-state index contributed by atoms with van der Waals surface area (Å²) in [6.45, 7) is 6.64. The van der Waals surface area contributed by atoms with Crippen molar-refractivity contribution < 1.29 is 28.6 Å². The molecule has 6 nitrogen and oxygen atoms in total. The highest BCUT2D eigenvalue weighted by Gasteiger charge is 2.19. The second-order valence-electron chi connectivity index (χ2n) is 23.8. The first-order valence-corrected chi connectivity index (χ1v) is 35.1. The summed E-state index contributed by atoms with van der Waals surface area (Å²) in [5, 5.41) is 0. The predicted molar refractivity (Wildman–Crippen MR) is 344 cm³/mol. The zero-order valence-corrected chi connectivity index (χ0v) is 53.2. The highest BCUT2D eigenvalue weighted by molar-refractivity contribution is 5.71. The molecule has 0 amide bonds. The van der Waals surface area contributed by atoms with Gasteiger partial charge in [-0.1, -0.05) is 333 Å². The molecule has 0 spiro atoms. The van der Waals surface area contributed by atoms with E-state index < -0.39 is 6.10 Å². The molecule has 0 saturated carbocycles. The molecule has 0 bridgehead atoms. The third kappa shape index (κ3) is 66.1. The number of rotatable bonds is 65. The number of ether oxygens (including phenoxy) is 3. The van der Waals surface area contributed by atoms with Crippen molar-refractivity contribution in [2.45, 2.75) is 386 Å². The molecule has 0 aromatic rings. The first-order chi connectivity index (χ1) is 39.0. The quantitative estimate of drug-likeness (QED) is 0.0261. The van der Waals surface area contributed by atoms with Gasteiger partial charge >= 0.3 is 17.9 Å².